The lowest BCUT2D eigenvalue weighted by atomic mass is 10.2. The molecule has 0 aliphatic rings. The Kier molecular flexibility index (Phi) is 3.32. The van der Waals surface area contributed by atoms with Crippen molar-refractivity contribution in [2.45, 2.75) is 13.8 Å². The first kappa shape index (κ1) is 11.5. The molecule has 4 heteroatoms. The van der Waals surface area contributed by atoms with Crippen molar-refractivity contribution in [3.8, 4) is 11.5 Å². The topological polar surface area (TPSA) is 51.3 Å². The first-order valence-corrected chi connectivity index (χ1v) is 5.67. The van der Waals surface area contributed by atoms with E-state index < -0.39 is 0 Å². The van der Waals surface area contributed by atoms with Crippen molar-refractivity contribution in [2.75, 3.05) is 13.2 Å². The summed E-state index contributed by atoms with van der Waals surface area (Å²) in [5, 5.41) is 0.927. The maximum Gasteiger partial charge on any atom is 0.248 e. The summed E-state index contributed by atoms with van der Waals surface area (Å²) in [5.74, 6) is 1.36. The van der Waals surface area contributed by atoms with Crippen molar-refractivity contribution in [3.05, 3.63) is 34.6 Å². The van der Waals surface area contributed by atoms with Crippen molar-refractivity contribution in [1.82, 2.24) is 4.98 Å². The number of fused-ring (bicyclic) bond motifs is 1. The number of aromatic amines is 1. The van der Waals surface area contributed by atoms with Crippen LogP contribution in [0.3, 0.4) is 0 Å². The van der Waals surface area contributed by atoms with Crippen LogP contribution in [0.5, 0.6) is 11.5 Å². The zero-order valence-corrected chi connectivity index (χ0v) is 9.95. The van der Waals surface area contributed by atoms with Gasteiger partial charge in [0.25, 0.3) is 0 Å². The minimum atomic E-state index is -0.121. The van der Waals surface area contributed by atoms with Crippen molar-refractivity contribution < 1.29 is 9.47 Å². The molecule has 0 fully saturated rings. The fraction of sp³-hybridized carbons (Fsp3) is 0.308. The highest BCUT2D eigenvalue weighted by atomic mass is 16.5. The molecule has 90 valence electrons. The monoisotopic (exact) mass is 233 g/mol. The lowest BCUT2D eigenvalue weighted by Gasteiger charge is -2.11. The van der Waals surface area contributed by atoms with Crippen molar-refractivity contribution in [1.29, 1.82) is 0 Å². The molecule has 0 saturated heterocycles. The second-order valence-electron chi connectivity index (χ2n) is 3.57. The molecular formula is C13H15NO3. The first-order valence-electron chi connectivity index (χ1n) is 5.67. The molecule has 0 atom stereocenters. The Morgan fingerprint density at radius 2 is 1.71 bits per heavy atom. The molecule has 2 rings (SSSR count). The molecule has 0 radical (unpaired) electrons. The minimum absolute atomic E-state index is 0.121. The average Bonchev–Trinajstić information content (AvgIpc) is 2.31. The molecule has 1 N–H and O–H groups in total. The fourth-order valence-corrected chi connectivity index (χ4v) is 1.70. The molecule has 0 aliphatic heterocycles. The van der Waals surface area contributed by atoms with Gasteiger partial charge in [-0.15, -0.1) is 0 Å². The molecule has 0 amide bonds. The summed E-state index contributed by atoms with van der Waals surface area (Å²) in [6, 6.07) is 6.94. The molecule has 4 nitrogen and oxygen atoms in total. The summed E-state index contributed by atoms with van der Waals surface area (Å²) in [5.41, 5.74) is 0.633. The summed E-state index contributed by atoms with van der Waals surface area (Å²) < 4.78 is 11.0. The highest BCUT2D eigenvalue weighted by Crippen LogP contribution is 2.31. The Hall–Kier alpha value is -1.97. The van der Waals surface area contributed by atoms with E-state index in [2.05, 4.69) is 4.98 Å². The van der Waals surface area contributed by atoms with E-state index in [1.54, 1.807) is 12.1 Å². The Balaban J connectivity index is 2.58. The molecule has 17 heavy (non-hydrogen) atoms. The number of ether oxygens (including phenoxy) is 2. The molecule has 0 unspecified atom stereocenters. The minimum Gasteiger partial charge on any atom is -0.490 e. The Morgan fingerprint density at radius 1 is 1.06 bits per heavy atom. The number of pyridine rings is 1. The SMILES string of the molecule is CCOc1cc2ccc(=O)[nH]c2cc1OCC. The van der Waals surface area contributed by atoms with E-state index in [-0.39, 0.29) is 5.56 Å². The summed E-state index contributed by atoms with van der Waals surface area (Å²) in [6.07, 6.45) is 0. The molecule has 0 bridgehead atoms. The predicted octanol–water partition coefficient (Wildman–Crippen LogP) is 2.33. The van der Waals surface area contributed by atoms with Gasteiger partial charge in [-0.25, -0.2) is 0 Å². The average molecular weight is 233 g/mol. The number of H-pyrrole nitrogens is 1. The summed E-state index contributed by atoms with van der Waals surface area (Å²) >= 11 is 0. The van der Waals surface area contributed by atoms with E-state index in [0.29, 0.717) is 24.7 Å². The summed E-state index contributed by atoms with van der Waals surface area (Å²) in [7, 11) is 0. The van der Waals surface area contributed by atoms with E-state index >= 15 is 0 Å². The molecule has 1 aromatic heterocycles. The van der Waals surface area contributed by atoms with E-state index in [1.807, 2.05) is 19.9 Å². The molecular weight excluding hydrogens is 218 g/mol. The molecule has 0 saturated carbocycles. The smallest absolute Gasteiger partial charge is 0.248 e. The Labute approximate surface area is 99.2 Å². The van der Waals surface area contributed by atoms with Gasteiger partial charge in [-0.2, -0.15) is 0 Å². The van der Waals surface area contributed by atoms with Crippen LogP contribution in [0, 0.1) is 0 Å². The van der Waals surface area contributed by atoms with Gasteiger partial charge in [-0.3, -0.25) is 4.79 Å². The Bertz CT molecular complexity index is 574. The first-order chi connectivity index (χ1) is 8.24. The van der Waals surface area contributed by atoms with Crippen molar-refractivity contribution in [3.63, 3.8) is 0 Å². The molecule has 0 spiro atoms. The number of aromatic nitrogens is 1. The molecule has 2 aromatic rings. The lowest BCUT2D eigenvalue weighted by Crippen LogP contribution is -2.04. The third kappa shape index (κ3) is 2.41. The van der Waals surface area contributed by atoms with E-state index in [4.69, 9.17) is 9.47 Å². The van der Waals surface area contributed by atoms with Gasteiger partial charge >= 0.3 is 0 Å². The van der Waals surface area contributed by atoms with Gasteiger partial charge in [0.15, 0.2) is 11.5 Å². The van der Waals surface area contributed by atoms with Gasteiger partial charge in [0.1, 0.15) is 0 Å². The maximum absolute atomic E-state index is 11.2. The zero-order chi connectivity index (χ0) is 12.3. The normalized spacial score (nSPS) is 10.5. The van der Waals surface area contributed by atoms with Crippen LogP contribution in [-0.2, 0) is 0 Å². The fourth-order valence-electron chi connectivity index (χ4n) is 1.70. The zero-order valence-electron chi connectivity index (χ0n) is 9.95. The number of hydrogen-bond donors (Lipinski definition) is 1. The van der Waals surface area contributed by atoms with Crippen LogP contribution in [0.15, 0.2) is 29.1 Å². The van der Waals surface area contributed by atoms with Crippen LogP contribution < -0.4 is 15.0 Å². The largest absolute Gasteiger partial charge is 0.490 e. The standard InChI is InChI=1S/C13H15NO3/c1-3-16-11-7-9-5-6-13(15)14-10(9)8-12(11)17-4-2/h5-8H,3-4H2,1-2H3,(H,14,15). The lowest BCUT2D eigenvalue weighted by molar-refractivity contribution is 0.288. The summed E-state index contributed by atoms with van der Waals surface area (Å²) in [4.78, 5) is 14.0. The highest BCUT2D eigenvalue weighted by Gasteiger charge is 2.07. The quantitative estimate of drug-likeness (QED) is 0.881. The van der Waals surface area contributed by atoms with E-state index in [0.717, 1.165) is 10.9 Å². The van der Waals surface area contributed by atoms with Crippen molar-refractivity contribution in [2.24, 2.45) is 0 Å². The van der Waals surface area contributed by atoms with E-state index in [9.17, 15) is 4.79 Å². The van der Waals surface area contributed by atoms with Crippen LogP contribution in [0.1, 0.15) is 13.8 Å². The number of hydrogen-bond acceptors (Lipinski definition) is 3. The van der Waals surface area contributed by atoms with Crippen LogP contribution in [-0.4, -0.2) is 18.2 Å². The van der Waals surface area contributed by atoms with E-state index in [1.165, 1.54) is 6.07 Å². The van der Waals surface area contributed by atoms with Gasteiger partial charge in [0.2, 0.25) is 5.56 Å². The van der Waals surface area contributed by atoms with Crippen LogP contribution >= 0.6 is 0 Å². The third-order valence-corrected chi connectivity index (χ3v) is 2.39. The van der Waals surface area contributed by atoms with Crippen LogP contribution in [0.2, 0.25) is 0 Å². The van der Waals surface area contributed by atoms with Gasteiger partial charge in [0, 0.05) is 17.5 Å². The van der Waals surface area contributed by atoms with Gasteiger partial charge in [-0.1, -0.05) is 0 Å². The molecule has 0 aliphatic carbocycles. The van der Waals surface area contributed by atoms with Crippen LogP contribution in [0.25, 0.3) is 10.9 Å². The highest BCUT2D eigenvalue weighted by molar-refractivity contribution is 5.82. The van der Waals surface area contributed by atoms with Crippen LogP contribution in [0.4, 0.5) is 0 Å². The maximum atomic E-state index is 11.2. The van der Waals surface area contributed by atoms with Gasteiger partial charge < -0.3 is 14.5 Å². The second kappa shape index (κ2) is 4.91. The molecule has 1 heterocycles. The molecule has 1 aromatic carbocycles. The number of rotatable bonds is 4. The Morgan fingerprint density at radius 3 is 2.35 bits per heavy atom. The van der Waals surface area contributed by atoms with Gasteiger partial charge in [0.05, 0.1) is 18.7 Å². The van der Waals surface area contributed by atoms with Gasteiger partial charge in [-0.05, 0) is 26.0 Å². The predicted molar refractivity (Wildman–Crippen MR) is 66.9 cm³/mol. The second-order valence-corrected chi connectivity index (χ2v) is 3.57. The number of benzene rings is 1. The third-order valence-electron chi connectivity index (χ3n) is 2.39. The van der Waals surface area contributed by atoms with Crippen molar-refractivity contribution >= 4 is 10.9 Å². The number of nitrogens with one attached hydrogen (secondary N) is 1. The summed E-state index contributed by atoms with van der Waals surface area (Å²) in [6.45, 7) is 4.97.